The van der Waals surface area contributed by atoms with Crippen molar-refractivity contribution in [2.24, 2.45) is 7.05 Å². The van der Waals surface area contributed by atoms with Gasteiger partial charge in [-0.15, -0.1) is 0 Å². The van der Waals surface area contributed by atoms with Crippen molar-refractivity contribution in [1.29, 1.82) is 0 Å². The van der Waals surface area contributed by atoms with E-state index in [1.807, 2.05) is 56.3 Å². The number of aryl methyl sites for hydroxylation is 1. The Bertz CT molecular complexity index is 950. The molecule has 3 rings (SSSR count). The van der Waals surface area contributed by atoms with Crippen molar-refractivity contribution in [3.05, 3.63) is 70.9 Å². The van der Waals surface area contributed by atoms with E-state index in [0.29, 0.717) is 22.8 Å². The van der Waals surface area contributed by atoms with Crippen molar-refractivity contribution < 1.29 is 9.53 Å². The largest absolute Gasteiger partial charge is 0.491 e. The van der Waals surface area contributed by atoms with Gasteiger partial charge < -0.3 is 10.1 Å². The lowest BCUT2D eigenvalue weighted by atomic mass is 10.1. The molecular formula is C21H22ClN3O2. The van der Waals surface area contributed by atoms with Crippen LogP contribution in [-0.2, 0) is 13.6 Å². The van der Waals surface area contributed by atoms with Crippen LogP contribution in [0.1, 0.15) is 29.8 Å². The summed E-state index contributed by atoms with van der Waals surface area (Å²) in [5.74, 6) is 0.586. The Balaban J connectivity index is 1.77. The van der Waals surface area contributed by atoms with E-state index < -0.39 is 0 Å². The SMILES string of the molecule is CC(C)Oc1cccc(CNC(=O)c2cn(C)nc2-c2ccccc2Cl)c1. The second-order valence-electron chi connectivity index (χ2n) is 6.54. The van der Waals surface area contributed by atoms with E-state index >= 15 is 0 Å². The molecule has 1 heterocycles. The summed E-state index contributed by atoms with van der Waals surface area (Å²) in [4.78, 5) is 12.8. The normalized spacial score (nSPS) is 10.9. The third-order valence-corrected chi connectivity index (χ3v) is 4.26. The third kappa shape index (κ3) is 4.68. The molecule has 0 aliphatic carbocycles. The summed E-state index contributed by atoms with van der Waals surface area (Å²) >= 11 is 6.28. The number of nitrogens with one attached hydrogen (secondary N) is 1. The van der Waals surface area contributed by atoms with Crippen LogP contribution in [0.15, 0.2) is 54.7 Å². The van der Waals surface area contributed by atoms with Gasteiger partial charge in [-0.25, -0.2) is 0 Å². The molecule has 0 unspecified atom stereocenters. The van der Waals surface area contributed by atoms with Gasteiger partial charge in [0.2, 0.25) is 0 Å². The number of carbonyl (C=O) groups is 1. The predicted octanol–water partition coefficient (Wildman–Crippen LogP) is 4.46. The predicted molar refractivity (Wildman–Crippen MR) is 107 cm³/mol. The fourth-order valence-corrected chi connectivity index (χ4v) is 3.01. The average Bonchev–Trinajstić information content (AvgIpc) is 3.01. The summed E-state index contributed by atoms with van der Waals surface area (Å²) in [6, 6.07) is 15.1. The maximum Gasteiger partial charge on any atom is 0.255 e. The first-order chi connectivity index (χ1) is 12.9. The van der Waals surface area contributed by atoms with Crippen LogP contribution in [0.2, 0.25) is 5.02 Å². The number of benzene rings is 2. The van der Waals surface area contributed by atoms with E-state index in [1.54, 1.807) is 24.0 Å². The minimum atomic E-state index is -0.201. The molecule has 6 heteroatoms. The van der Waals surface area contributed by atoms with Crippen molar-refractivity contribution in [3.8, 4) is 17.0 Å². The van der Waals surface area contributed by atoms with Gasteiger partial charge in [0.15, 0.2) is 0 Å². The second-order valence-corrected chi connectivity index (χ2v) is 6.95. The molecule has 0 radical (unpaired) electrons. The monoisotopic (exact) mass is 383 g/mol. The van der Waals surface area contributed by atoms with Crippen LogP contribution in [0.4, 0.5) is 0 Å². The average molecular weight is 384 g/mol. The van der Waals surface area contributed by atoms with Crippen LogP contribution in [0.25, 0.3) is 11.3 Å². The molecule has 5 nitrogen and oxygen atoms in total. The van der Waals surface area contributed by atoms with Gasteiger partial charge >= 0.3 is 0 Å². The third-order valence-electron chi connectivity index (χ3n) is 3.93. The first kappa shape index (κ1) is 19.0. The molecule has 1 aromatic heterocycles. The summed E-state index contributed by atoms with van der Waals surface area (Å²) < 4.78 is 7.31. The van der Waals surface area contributed by atoms with E-state index in [4.69, 9.17) is 16.3 Å². The van der Waals surface area contributed by atoms with Crippen LogP contribution >= 0.6 is 11.6 Å². The van der Waals surface area contributed by atoms with Crippen LogP contribution in [0, 0.1) is 0 Å². The van der Waals surface area contributed by atoms with Crippen molar-refractivity contribution in [2.75, 3.05) is 0 Å². The minimum Gasteiger partial charge on any atom is -0.491 e. The number of halogens is 1. The summed E-state index contributed by atoms with van der Waals surface area (Å²) in [6.07, 6.45) is 1.80. The van der Waals surface area contributed by atoms with Crippen LogP contribution in [-0.4, -0.2) is 21.8 Å². The molecule has 0 saturated heterocycles. The molecule has 0 fully saturated rings. The molecule has 2 aromatic carbocycles. The highest BCUT2D eigenvalue weighted by Crippen LogP contribution is 2.29. The second kappa shape index (κ2) is 8.27. The summed E-state index contributed by atoms with van der Waals surface area (Å²) in [5, 5.41) is 7.92. The molecule has 27 heavy (non-hydrogen) atoms. The van der Waals surface area contributed by atoms with E-state index in [0.717, 1.165) is 16.9 Å². The quantitative estimate of drug-likeness (QED) is 0.683. The lowest BCUT2D eigenvalue weighted by Gasteiger charge is -2.11. The number of rotatable bonds is 6. The molecular weight excluding hydrogens is 362 g/mol. The van der Waals surface area contributed by atoms with Crippen LogP contribution in [0.5, 0.6) is 5.75 Å². The highest BCUT2D eigenvalue weighted by molar-refractivity contribution is 6.33. The Labute approximate surface area is 163 Å². The number of hydrogen-bond donors (Lipinski definition) is 1. The zero-order valence-electron chi connectivity index (χ0n) is 15.6. The number of carbonyl (C=O) groups excluding carboxylic acids is 1. The molecule has 0 saturated carbocycles. The van der Waals surface area contributed by atoms with E-state index in [1.165, 1.54) is 0 Å². The molecule has 3 aromatic rings. The molecule has 0 aliphatic heterocycles. The van der Waals surface area contributed by atoms with Crippen LogP contribution in [0.3, 0.4) is 0 Å². The topological polar surface area (TPSA) is 56.1 Å². The molecule has 0 bridgehead atoms. The van der Waals surface area contributed by atoms with Gasteiger partial charge in [-0.1, -0.05) is 41.9 Å². The summed E-state index contributed by atoms with van der Waals surface area (Å²) in [6.45, 7) is 4.35. The van der Waals surface area contributed by atoms with Crippen molar-refractivity contribution in [3.63, 3.8) is 0 Å². The Morgan fingerprint density at radius 3 is 2.74 bits per heavy atom. The zero-order chi connectivity index (χ0) is 19.4. The fraction of sp³-hybridized carbons (Fsp3) is 0.238. The van der Waals surface area contributed by atoms with Gasteiger partial charge in [0.05, 0.1) is 16.7 Å². The van der Waals surface area contributed by atoms with Gasteiger partial charge in [0.1, 0.15) is 11.4 Å². The zero-order valence-corrected chi connectivity index (χ0v) is 16.3. The molecule has 140 valence electrons. The Kier molecular flexibility index (Phi) is 5.81. The number of nitrogens with zero attached hydrogens (tertiary/aromatic N) is 2. The first-order valence-corrected chi connectivity index (χ1v) is 9.14. The van der Waals surface area contributed by atoms with Crippen molar-refractivity contribution in [1.82, 2.24) is 15.1 Å². The minimum absolute atomic E-state index is 0.100. The van der Waals surface area contributed by atoms with Gasteiger partial charge in [0, 0.05) is 25.4 Å². The summed E-state index contributed by atoms with van der Waals surface area (Å²) in [7, 11) is 1.78. The number of hydrogen-bond acceptors (Lipinski definition) is 3. The van der Waals surface area contributed by atoms with E-state index in [9.17, 15) is 4.79 Å². The number of ether oxygens (including phenoxy) is 1. The fourth-order valence-electron chi connectivity index (χ4n) is 2.79. The number of amides is 1. The maximum absolute atomic E-state index is 12.8. The van der Waals surface area contributed by atoms with Crippen molar-refractivity contribution >= 4 is 17.5 Å². The highest BCUT2D eigenvalue weighted by Gasteiger charge is 2.18. The molecule has 1 N–H and O–H groups in total. The van der Waals surface area contributed by atoms with Crippen molar-refractivity contribution in [2.45, 2.75) is 26.5 Å². The molecule has 0 aliphatic rings. The molecule has 0 atom stereocenters. The van der Waals surface area contributed by atoms with Crippen LogP contribution < -0.4 is 10.1 Å². The van der Waals surface area contributed by atoms with Gasteiger partial charge in [0.25, 0.3) is 5.91 Å². The smallest absolute Gasteiger partial charge is 0.255 e. The summed E-state index contributed by atoms with van der Waals surface area (Å²) in [5.41, 5.74) is 2.75. The van der Waals surface area contributed by atoms with Gasteiger partial charge in [-0.05, 0) is 37.6 Å². The lowest BCUT2D eigenvalue weighted by molar-refractivity contribution is 0.0951. The van der Waals surface area contributed by atoms with E-state index in [-0.39, 0.29) is 12.0 Å². The van der Waals surface area contributed by atoms with Gasteiger partial charge in [-0.3, -0.25) is 9.48 Å². The van der Waals surface area contributed by atoms with Gasteiger partial charge in [-0.2, -0.15) is 5.10 Å². The molecule has 0 spiro atoms. The maximum atomic E-state index is 12.8. The highest BCUT2D eigenvalue weighted by atomic mass is 35.5. The standard InChI is InChI=1S/C21H22ClN3O2/c1-14(2)27-16-8-6-7-15(11-16)12-23-21(26)18-13-25(3)24-20(18)17-9-4-5-10-19(17)22/h4-11,13-14H,12H2,1-3H3,(H,23,26). The Morgan fingerprint density at radius 2 is 2.00 bits per heavy atom. The Hall–Kier alpha value is -2.79. The van der Waals surface area contributed by atoms with E-state index in [2.05, 4.69) is 10.4 Å². The lowest BCUT2D eigenvalue weighted by Crippen LogP contribution is -2.23. The number of aromatic nitrogens is 2. The molecule has 1 amide bonds. The Morgan fingerprint density at radius 1 is 1.22 bits per heavy atom. The first-order valence-electron chi connectivity index (χ1n) is 8.76.